The lowest BCUT2D eigenvalue weighted by Gasteiger charge is -2.17. The molecule has 0 aliphatic carbocycles. The number of anilines is 1. The van der Waals surface area contributed by atoms with E-state index in [-0.39, 0.29) is 0 Å². The molecule has 3 aromatic rings. The van der Waals surface area contributed by atoms with Gasteiger partial charge in [-0.05, 0) is 32.4 Å². The number of H-pyrrole nitrogens is 1. The summed E-state index contributed by atoms with van der Waals surface area (Å²) in [5.41, 5.74) is 3.61. The number of carbonyl (C=O) groups is 2. The quantitative estimate of drug-likeness (QED) is 0.510. The summed E-state index contributed by atoms with van der Waals surface area (Å²) in [6.45, 7) is 5.65. The Morgan fingerprint density at radius 2 is 1.66 bits per heavy atom. The van der Waals surface area contributed by atoms with Crippen molar-refractivity contribution in [2.75, 3.05) is 19.5 Å². The van der Waals surface area contributed by atoms with Gasteiger partial charge in [0.05, 0.1) is 25.5 Å². The van der Waals surface area contributed by atoms with Crippen molar-refractivity contribution >= 4 is 17.6 Å². The fourth-order valence-electron chi connectivity index (χ4n) is 3.07. The number of imidazole rings is 1. The highest BCUT2D eigenvalue weighted by Gasteiger charge is 2.22. The van der Waals surface area contributed by atoms with E-state index in [2.05, 4.69) is 15.3 Å². The van der Waals surface area contributed by atoms with Gasteiger partial charge in [-0.1, -0.05) is 19.1 Å². The first kappa shape index (κ1) is 22.9. The average Bonchev–Trinajstić information content (AvgIpc) is 3.15. The van der Waals surface area contributed by atoms with Crippen molar-refractivity contribution in [1.82, 2.24) is 9.97 Å². The van der Waals surface area contributed by atoms with Crippen molar-refractivity contribution in [2.24, 2.45) is 0 Å². The zero-order valence-corrected chi connectivity index (χ0v) is 18.8. The molecule has 0 radical (unpaired) electrons. The first-order valence-corrected chi connectivity index (χ1v) is 10.2. The van der Waals surface area contributed by atoms with Gasteiger partial charge >= 0.3 is 5.97 Å². The number of rotatable bonds is 8. The Hall–Kier alpha value is -3.81. The molecule has 32 heavy (non-hydrogen) atoms. The van der Waals surface area contributed by atoms with Crippen LogP contribution in [0.15, 0.2) is 42.5 Å². The fourth-order valence-corrected chi connectivity index (χ4v) is 3.07. The number of hydrogen-bond acceptors (Lipinski definition) is 6. The van der Waals surface area contributed by atoms with Crippen LogP contribution in [0.1, 0.15) is 35.1 Å². The van der Waals surface area contributed by atoms with E-state index in [9.17, 15) is 9.59 Å². The molecular weight excluding hydrogens is 410 g/mol. The van der Waals surface area contributed by atoms with Crippen molar-refractivity contribution in [3.8, 4) is 22.9 Å². The molecule has 1 unspecified atom stereocenters. The number of hydrogen-bond donors (Lipinski definition) is 2. The average molecular weight is 437 g/mol. The number of benzene rings is 2. The van der Waals surface area contributed by atoms with E-state index < -0.39 is 18.0 Å². The SMILES string of the molecule is CCC(OC(=O)c1ccc(-c2nc(C)c(C)[nH]2)cc1)C(=O)Nc1cc(OC)cc(OC)c1. The van der Waals surface area contributed by atoms with E-state index in [1.54, 1.807) is 49.4 Å². The third kappa shape index (κ3) is 5.26. The normalized spacial score (nSPS) is 11.5. The molecule has 0 aliphatic rings. The molecule has 0 saturated heterocycles. The second-order valence-electron chi connectivity index (χ2n) is 7.27. The molecule has 0 bridgehead atoms. The molecule has 2 aromatic carbocycles. The molecule has 0 saturated carbocycles. The number of aryl methyl sites for hydroxylation is 2. The predicted octanol–water partition coefficient (Wildman–Crippen LogP) is 4.28. The van der Waals surface area contributed by atoms with E-state index in [0.29, 0.717) is 29.2 Å². The van der Waals surface area contributed by atoms with Crippen molar-refractivity contribution in [3.05, 3.63) is 59.4 Å². The molecular formula is C24H27N3O5. The summed E-state index contributed by atoms with van der Waals surface area (Å²) in [4.78, 5) is 33.0. The second kappa shape index (κ2) is 10.00. The summed E-state index contributed by atoms with van der Waals surface area (Å²) in [6.07, 6.45) is -0.628. The lowest BCUT2D eigenvalue weighted by molar-refractivity contribution is -0.124. The first-order valence-electron chi connectivity index (χ1n) is 10.2. The summed E-state index contributed by atoms with van der Waals surface area (Å²) in [6, 6.07) is 11.9. The third-order valence-electron chi connectivity index (χ3n) is 5.05. The molecule has 1 aromatic heterocycles. The number of aromatic amines is 1. The van der Waals surface area contributed by atoms with Crippen LogP contribution in [-0.4, -0.2) is 42.2 Å². The predicted molar refractivity (Wildman–Crippen MR) is 121 cm³/mol. The zero-order valence-electron chi connectivity index (χ0n) is 18.8. The summed E-state index contributed by atoms with van der Waals surface area (Å²) < 4.78 is 15.9. The van der Waals surface area contributed by atoms with Crippen LogP contribution in [0.5, 0.6) is 11.5 Å². The molecule has 8 nitrogen and oxygen atoms in total. The second-order valence-corrected chi connectivity index (χ2v) is 7.27. The maximum atomic E-state index is 12.7. The number of esters is 1. The Kier molecular flexibility index (Phi) is 7.14. The maximum absolute atomic E-state index is 12.7. The molecule has 0 spiro atoms. The molecule has 1 amide bonds. The van der Waals surface area contributed by atoms with Crippen LogP contribution >= 0.6 is 0 Å². The number of nitrogens with one attached hydrogen (secondary N) is 2. The smallest absolute Gasteiger partial charge is 0.338 e. The minimum Gasteiger partial charge on any atom is -0.497 e. The van der Waals surface area contributed by atoms with Crippen LogP contribution in [0.2, 0.25) is 0 Å². The van der Waals surface area contributed by atoms with Crippen LogP contribution in [0.25, 0.3) is 11.4 Å². The molecule has 168 valence electrons. The number of amides is 1. The van der Waals surface area contributed by atoms with Crippen molar-refractivity contribution < 1.29 is 23.8 Å². The van der Waals surface area contributed by atoms with Gasteiger partial charge in [0, 0.05) is 35.1 Å². The fraction of sp³-hybridized carbons (Fsp3) is 0.292. The molecule has 3 rings (SSSR count). The standard InChI is InChI=1S/C24H27N3O5/c1-6-21(23(28)27-18-11-19(30-4)13-20(12-18)31-5)32-24(29)17-9-7-16(8-10-17)22-25-14(2)15(3)26-22/h7-13,21H,6H2,1-5H3,(H,25,26)(H,27,28). The first-order chi connectivity index (χ1) is 15.3. The van der Waals surface area contributed by atoms with Crippen molar-refractivity contribution in [3.63, 3.8) is 0 Å². The van der Waals surface area contributed by atoms with Gasteiger partial charge in [-0.15, -0.1) is 0 Å². The number of aromatic nitrogens is 2. The molecule has 0 aliphatic heterocycles. The van der Waals surface area contributed by atoms with Gasteiger partial charge < -0.3 is 24.5 Å². The van der Waals surface area contributed by atoms with Crippen LogP contribution in [0.4, 0.5) is 5.69 Å². The van der Waals surface area contributed by atoms with Gasteiger partial charge in [-0.3, -0.25) is 4.79 Å². The summed E-state index contributed by atoms with van der Waals surface area (Å²) in [5, 5.41) is 2.75. The molecule has 8 heteroatoms. The van der Waals surface area contributed by atoms with E-state index in [0.717, 1.165) is 22.8 Å². The lowest BCUT2D eigenvalue weighted by atomic mass is 10.1. The number of methoxy groups -OCH3 is 2. The van der Waals surface area contributed by atoms with Gasteiger partial charge in [-0.2, -0.15) is 0 Å². The number of carbonyl (C=O) groups excluding carboxylic acids is 2. The van der Waals surface area contributed by atoms with Gasteiger partial charge in [0.25, 0.3) is 5.91 Å². The van der Waals surface area contributed by atoms with Gasteiger partial charge in [0.15, 0.2) is 6.10 Å². The van der Waals surface area contributed by atoms with Gasteiger partial charge in [0.1, 0.15) is 17.3 Å². The van der Waals surface area contributed by atoms with Crippen molar-refractivity contribution in [2.45, 2.75) is 33.3 Å². The van der Waals surface area contributed by atoms with E-state index in [4.69, 9.17) is 14.2 Å². The molecule has 0 fully saturated rings. The third-order valence-corrected chi connectivity index (χ3v) is 5.05. The highest BCUT2D eigenvalue weighted by atomic mass is 16.5. The Bertz CT molecular complexity index is 1060. The van der Waals surface area contributed by atoms with E-state index >= 15 is 0 Å². The van der Waals surface area contributed by atoms with Crippen LogP contribution < -0.4 is 14.8 Å². The highest BCUT2D eigenvalue weighted by molar-refractivity contribution is 5.98. The van der Waals surface area contributed by atoms with E-state index in [1.807, 2.05) is 13.8 Å². The Labute approximate surface area is 186 Å². The Morgan fingerprint density at radius 3 is 2.16 bits per heavy atom. The van der Waals surface area contributed by atoms with Gasteiger partial charge in [0.2, 0.25) is 0 Å². The van der Waals surface area contributed by atoms with E-state index in [1.165, 1.54) is 14.2 Å². The Balaban J connectivity index is 1.68. The molecule has 2 N–H and O–H groups in total. The highest BCUT2D eigenvalue weighted by Crippen LogP contribution is 2.26. The van der Waals surface area contributed by atoms with Crippen LogP contribution in [0, 0.1) is 13.8 Å². The number of ether oxygens (including phenoxy) is 3. The monoisotopic (exact) mass is 437 g/mol. The lowest BCUT2D eigenvalue weighted by Crippen LogP contribution is -2.32. The largest absolute Gasteiger partial charge is 0.497 e. The summed E-state index contributed by atoms with van der Waals surface area (Å²) in [7, 11) is 3.05. The Morgan fingerprint density at radius 1 is 1.03 bits per heavy atom. The van der Waals surface area contributed by atoms with Crippen LogP contribution in [-0.2, 0) is 9.53 Å². The molecule has 1 heterocycles. The summed E-state index contributed by atoms with van der Waals surface area (Å²) in [5.74, 6) is 0.792. The minimum atomic E-state index is -0.949. The minimum absolute atomic E-state index is 0.321. The maximum Gasteiger partial charge on any atom is 0.338 e. The topological polar surface area (TPSA) is 103 Å². The summed E-state index contributed by atoms with van der Waals surface area (Å²) >= 11 is 0. The van der Waals surface area contributed by atoms with Crippen molar-refractivity contribution in [1.29, 1.82) is 0 Å². The van der Waals surface area contributed by atoms with Gasteiger partial charge in [-0.25, -0.2) is 9.78 Å². The number of nitrogens with zero attached hydrogens (tertiary/aromatic N) is 1. The van der Waals surface area contributed by atoms with Crippen LogP contribution in [0.3, 0.4) is 0 Å². The molecule has 1 atom stereocenters. The zero-order chi connectivity index (χ0) is 23.3.